The molecule has 0 saturated carbocycles. The Morgan fingerprint density at radius 1 is 1.35 bits per heavy atom. The van der Waals surface area contributed by atoms with Crippen molar-refractivity contribution in [1.82, 2.24) is 4.90 Å². The average molecular weight is 343 g/mol. The molecule has 128 valence electrons. The molecule has 1 unspecified atom stereocenters. The zero-order valence-corrected chi connectivity index (χ0v) is 14.0. The number of carbonyl (C=O) groups excluding carboxylic acids is 1. The van der Waals surface area contributed by atoms with Crippen LogP contribution in [0.15, 0.2) is 24.3 Å². The predicted octanol–water partition coefficient (Wildman–Crippen LogP) is 2.25. The second-order valence-electron chi connectivity index (χ2n) is 6.36. The molecule has 2 fully saturated rings. The molecule has 23 heavy (non-hydrogen) atoms. The van der Waals surface area contributed by atoms with Gasteiger partial charge in [0.15, 0.2) is 0 Å². The van der Waals surface area contributed by atoms with E-state index in [1.165, 1.54) is 12.1 Å². The van der Waals surface area contributed by atoms with Crippen molar-refractivity contribution in [3.8, 4) is 0 Å². The number of rotatable bonds is 2. The SMILES string of the molecule is Cl.NC1CCCN(C(=O)C2(c3cccc(F)c3)CCOCC2)C1. The normalized spacial score (nSPS) is 23.9. The second-order valence-corrected chi connectivity index (χ2v) is 6.36. The van der Waals surface area contributed by atoms with Crippen LogP contribution >= 0.6 is 12.4 Å². The van der Waals surface area contributed by atoms with E-state index in [2.05, 4.69) is 0 Å². The molecule has 3 rings (SSSR count). The van der Waals surface area contributed by atoms with Crippen LogP contribution in [0.3, 0.4) is 0 Å². The van der Waals surface area contributed by atoms with Gasteiger partial charge in [-0.05, 0) is 43.4 Å². The number of halogens is 2. The lowest BCUT2D eigenvalue weighted by Crippen LogP contribution is -2.54. The monoisotopic (exact) mass is 342 g/mol. The Kier molecular flexibility index (Phi) is 6.00. The van der Waals surface area contributed by atoms with Crippen molar-refractivity contribution in [2.24, 2.45) is 5.73 Å². The van der Waals surface area contributed by atoms with Gasteiger partial charge in [0.25, 0.3) is 0 Å². The van der Waals surface area contributed by atoms with Gasteiger partial charge < -0.3 is 15.4 Å². The minimum absolute atomic E-state index is 0. The van der Waals surface area contributed by atoms with Gasteiger partial charge in [0.05, 0.1) is 5.41 Å². The molecule has 0 aliphatic carbocycles. The highest BCUT2D eigenvalue weighted by Crippen LogP contribution is 2.37. The molecule has 2 aliphatic heterocycles. The topological polar surface area (TPSA) is 55.6 Å². The van der Waals surface area contributed by atoms with E-state index in [0.29, 0.717) is 32.6 Å². The van der Waals surface area contributed by atoms with Crippen molar-refractivity contribution in [1.29, 1.82) is 0 Å². The minimum atomic E-state index is -0.669. The molecular weight excluding hydrogens is 319 g/mol. The summed E-state index contributed by atoms with van der Waals surface area (Å²) in [6.07, 6.45) is 3.09. The Hall–Kier alpha value is -1.17. The highest BCUT2D eigenvalue weighted by molar-refractivity contribution is 5.88. The number of carbonyl (C=O) groups is 1. The van der Waals surface area contributed by atoms with E-state index >= 15 is 0 Å². The van der Waals surface area contributed by atoms with Gasteiger partial charge >= 0.3 is 0 Å². The molecule has 2 aliphatic rings. The fraction of sp³-hybridized carbons (Fsp3) is 0.588. The van der Waals surface area contributed by atoms with Gasteiger partial charge in [-0.15, -0.1) is 12.4 Å². The van der Waals surface area contributed by atoms with Gasteiger partial charge in [-0.2, -0.15) is 0 Å². The molecule has 1 aromatic rings. The van der Waals surface area contributed by atoms with Crippen LogP contribution in [0.4, 0.5) is 4.39 Å². The maximum Gasteiger partial charge on any atom is 0.233 e. The summed E-state index contributed by atoms with van der Waals surface area (Å²) in [4.78, 5) is 15.1. The average Bonchev–Trinajstić information content (AvgIpc) is 2.55. The van der Waals surface area contributed by atoms with Crippen LogP contribution in [0.2, 0.25) is 0 Å². The molecule has 0 spiro atoms. The second kappa shape index (κ2) is 7.60. The van der Waals surface area contributed by atoms with E-state index in [1.54, 1.807) is 6.07 Å². The lowest BCUT2D eigenvalue weighted by molar-refractivity contribution is -0.142. The highest BCUT2D eigenvalue weighted by atomic mass is 35.5. The fourth-order valence-corrected chi connectivity index (χ4v) is 3.63. The van der Waals surface area contributed by atoms with Crippen molar-refractivity contribution in [2.75, 3.05) is 26.3 Å². The van der Waals surface area contributed by atoms with E-state index in [1.807, 2.05) is 11.0 Å². The van der Waals surface area contributed by atoms with Crippen molar-refractivity contribution >= 4 is 18.3 Å². The summed E-state index contributed by atoms with van der Waals surface area (Å²) in [6.45, 7) is 2.39. The van der Waals surface area contributed by atoms with Gasteiger partial charge in [0.1, 0.15) is 5.82 Å². The third kappa shape index (κ3) is 3.67. The summed E-state index contributed by atoms with van der Waals surface area (Å²) < 4.78 is 19.1. The lowest BCUT2D eigenvalue weighted by atomic mass is 9.72. The first-order valence-electron chi connectivity index (χ1n) is 8.00. The quantitative estimate of drug-likeness (QED) is 0.896. The van der Waals surface area contributed by atoms with Crippen LogP contribution in [0.1, 0.15) is 31.2 Å². The number of benzene rings is 1. The van der Waals surface area contributed by atoms with E-state index in [0.717, 1.165) is 24.9 Å². The summed E-state index contributed by atoms with van der Waals surface area (Å²) in [5.74, 6) is -0.219. The number of amides is 1. The molecule has 0 bridgehead atoms. The van der Waals surface area contributed by atoms with Gasteiger partial charge in [-0.3, -0.25) is 4.79 Å². The Morgan fingerprint density at radius 2 is 2.09 bits per heavy atom. The summed E-state index contributed by atoms with van der Waals surface area (Å²) in [7, 11) is 0. The maximum atomic E-state index is 13.7. The number of nitrogens with two attached hydrogens (primary N) is 1. The fourth-order valence-electron chi connectivity index (χ4n) is 3.63. The van der Waals surface area contributed by atoms with Crippen LogP contribution in [0.25, 0.3) is 0 Å². The lowest BCUT2D eigenvalue weighted by Gasteiger charge is -2.42. The molecule has 1 atom stereocenters. The van der Waals surface area contributed by atoms with Crippen LogP contribution in [-0.2, 0) is 14.9 Å². The number of likely N-dealkylation sites (tertiary alicyclic amines) is 1. The van der Waals surface area contributed by atoms with Gasteiger partial charge in [-0.1, -0.05) is 12.1 Å². The first-order chi connectivity index (χ1) is 10.6. The summed E-state index contributed by atoms with van der Waals surface area (Å²) in [5.41, 5.74) is 6.11. The molecule has 1 amide bonds. The maximum absolute atomic E-state index is 13.7. The number of piperidine rings is 1. The molecule has 0 radical (unpaired) electrons. The number of hydrogen-bond acceptors (Lipinski definition) is 3. The van der Waals surface area contributed by atoms with Crippen molar-refractivity contribution in [3.63, 3.8) is 0 Å². The summed E-state index contributed by atoms with van der Waals surface area (Å²) in [6, 6.07) is 6.49. The zero-order valence-electron chi connectivity index (χ0n) is 13.2. The van der Waals surface area contributed by atoms with Crippen molar-refractivity contribution in [2.45, 2.75) is 37.1 Å². The molecule has 1 aromatic carbocycles. The minimum Gasteiger partial charge on any atom is -0.381 e. The Morgan fingerprint density at radius 3 is 2.74 bits per heavy atom. The third-order valence-corrected chi connectivity index (χ3v) is 4.88. The van der Waals surface area contributed by atoms with Gasteiger partial charge in [0.2, 0.25) is 5.91 Å². The smallest absolute Gasteiger partial charge is 0.233 e. The van der Waals surface area contributed by atoms with Crippen LogP contribution in [0, 0.1) is 5.82 Å². The Balaban J connectivity index is 0.00000192. The largest absolute Gasteiger partial charge is 0.381 e. The van der Waals surface area contributed by atoms with Crippen LogP contribution in [0.5, 0.6) is 0 Å². The first-order valence-corrected chi connectivity index (χ1v) is 8.00. The van der Waals surface area contributed by atoms with Crippen molar-refractivity contribution in [3.05, 3.63) is 35.6 Å². The number of nitrogens with zero attached hydrogens (tertiary/aromatic N) is 1. The summed E-state index contributed by atoms with van der Waals surface area (Å²) in [5, 5.41) is 0. The zero-order chi connectivity index (χ0) is 15.6. The van der Waals surface area contributed by atoms with E-state index in [-0.39, 0.29) is 30.2 Å². The molecule has 2 heterocycles. The van der Waals surface area contributed by atoms with Crippen LogP contribution < -0.4 is 5.73 Å². The molecule has 2 saturated heterocycles. The first kappa shape index (κ1) is 18.2. The Bertz CT molecular complexity index is 549. The van der Waals surface area contributed by atoms with Crippen LogP contribution in [-0.4, -0.2) is 43.2 Å². The highest BCUT2D eigenvalue weighted by Gasteiger charge is 2.44. The molecule has 4 nitrogen and oxygen atoms in total. The van der Waals surface area contributed by atoms with Crippen molar-refractivity contribution < 1.29 is 13.9 Å². The number of ether oxygens (including phenoxy) is 1. The van der Waals surface area contributed by atoms with E-state index in [9.17, 15) is 9.18 Å². The molecule has 0 aromatic heterocycles. The Labute approximate surface area is 142 Å². The van der Waals surface area contributed by atoms with Gasteiger partial charge in [-0.25, -0.2) is 4.39 Å². The standard InChI is InChI=1S/C17H23FN2O2.ClH/c18-14-4-1-3-13(11-14)17(6-9-22-10-7-17)16(21)20-8-2-5-15(19)12-20;/h1,3-4,11,15H,2,5-10,12,19H2;1H. The van der Waals surface area contributed by atoms with Gasteiger partial charge in [0, 0.05) is 32.3 Å². The van der Waals surface area contributed by atoms with E-state index < -0.39 is 5.41 Å². The summed E-state index contributed by atoms with van der Waals surface area (Å²) >= 11 is 0. The third-order valence-electron chi connectivity index (χ3n) is 4.88. The van der Waals surface area contributed by atoms with E-state index in [4.69, 9.17) is 10.5 Å². The number of hydrogen-bond donors (Lipinski definition) is 1. The molecule has 2 N–H and O–H groups in total. The molecule has 6 heteroatoms. The predicted molar refractivity (Wildman–Crippen MR) is 89.2 cm³/mol. The molecular formula is C17H24ClFN2O2.